The molecule has 29 heavy (non-hydrogen) atoms. The van der Waals surface area contributed by atoms with Crippen molar-refractivity contribution in [3.63, 3.8) is 0 Å². The third-order valence-electron chi connectivity index (χ3n) is 5.99. The van der Waals surface area contributed by atoms with Crippen molar-refractivity contribution in [2.24, 2.45) is 11.3 Å². The van der Waals surface area contributed by atoms with E-state index in [0.29, 0.717) is 23.7 Å². The summed E-state index contributed by atoms with van der Waals surface area (Å²) in [6.07, 6.45) is 8.61. The Kier molecular flexibility index (Phi) is 6.16. The van der Waals surface area contributed by atoms with Gasteiger partial charge >= 0.3 is 5.97 Å². The Labute approximate surface area is 175 Å². The number of esters is 1. The molecule has 0 atom stereocenters. The molecule has 0 bridgehead atoms. The van der Waals surface area contributed by atoms with Crippen molar-refractivity contribution in [1.29, 1.82) is 0 Å². The average molecular weight is 395 g/mol. The minimum atomic E-state index is -0.617. The molecule has 0 heterocycles. The van der Waals surface area contributed by atoms with Gasteiger partial charge in [0.05, 0.1) is 11.0 Å². The van der Waals surface area contributed by atoms with Crippen molar-refractivity contribution in [2.45, 2.75) is 80.1 Å². The Morgan fingerprint density at radius 3 is 2.17 bits per heavy atom. The van der Waals surface area contributed by atoms with Gasteiger partial charge in [0.1, 0.15) is 5.76 Å². The molecule has 0 amide bonds. The Hall–Kier alpha value is -2.16. The lowest BCUT2D eigenvalue weighted by Gasteiger charge is -2.19. The van der Waals surface area contributed by atoms with Crippen LogP contribution in [0.1, 0.15) is 81.5 Å². The molecule has 3 heteroatoms. The molecular formula is C26H34O3. The summed E-state index contributed by atoms with van der Waals surface area (Å²) >= 11 is 0. The van der Waals surface area contributed by atoms with Crippen LogP contribution < -0.4 is 0 Å². The number of benzene rings is 1. The second-order valence-corrected chi connectivity index (χ2v) is 9.81. The first-order valence-electron chi connectivity index (χ1n) is 10.9. The minimum absolute atomic E-state index is 0.0299. The van der Waals surface area contributed by atoms with Crippen LogP contribution >= 0.6 is 0 Å². The predicted molar refractivity (Wildman–Crippen MR) is 117 cm³/mol. The fourth-order valence-corrected chi connectivity index (χ4v) is 4.53. The summed E-state index contributed by atoms with van der Waals surface area (Å²) in [6.45, 7) is 11.6. The Balaban J connectivity index is 2.05. The molecule has 0 aliphatic heterocycles. The van der Waals surface area contributed by atoms with E-state index in [1.54, 1.807) is 0 Å². The van der Waals surface area contributed by atoms with Crippen molar-refractivity contribution in [1.82, 2.24) is 0 Å². The van der Waals surface area contributed by atoms with Gasteiger partial charge in [-0.3, -0.25) is 9.59 Å². The second-order valence-electron chi connectivity index (χ2n) is 9.81. The van der Waals surface area contributed by atoms with E-state index in [2.05, 4.69) is 25.1 Å². The van der Waals surface area contributed by atoms with E-state index in [-0.39, 0.29) is 11.8 Å². The van der Waals surface area contributed by atoms with E-state index in [4.69, 9.17) is 4.74 Å². The van der Waals surface area contributed by atoms with E-state index in [1.165, 1.54) is 24.8 Å². The zero-order valence-corrected chi connectivity index (χ0v) is 18.8. The van der Waals surface area contributed by atoms with Gasteiger partial charge in [-0.1, -0.05) is 43.0 Å². The molecule has 0 aromatic heterocycles. The number of hydrogen-bond acceptors (Lipinski definition) is 3. The van der Waals surface area contributed by atoms with Crippen LogP contribution in [-0.4, -0.2) is 11.8 Å². The first-order chi connectivity index (χ1) is 13.6. The van der Waals surface area contributed by atoms with Crippen LogP contribution in [-0.2, 0) is 14.3 Å². The van der Waals surface area contributed by atoms with Gasteiger partial charge in [-0.05, 0) is 77.0 Å². The lowest BCUT2D eigenvalue weighted by molar-refractivity contribution is -0.148. The quantitative estimate of drug-likeness (QED) is 0.440. The van der Waals surface area contributed by atoms with Crippen molar-refractivity contribution >= 4 is 17.3 Å². The smallest absolute Gasteiger partial charge is 0.316 e. The molecular weight excluding hydrogens is 360 g/mol. The highest BCUT2D eigenvalue weighted by Gasteiger charge is 2.36. The number of ether oxygens (including phenoxy) is 1. The molecule has 0 N–H and O–H groups in total. The monoisotopic (exact) mass is 394 g/mol. The topological polar surface area (TPSA) is 43.4 Å². The Bertz CT molecular complexity index is 864. The number of Topliss-reactive ketones (excluding diaryl/α,β-unsaturated/α-hetero) is 1. The van der Waals surface area contributed by atoms with Crippen LogP contribution in [0.3, 0.4) is 0 Å². The summed E-state index contributed by atoms with van der Waals surface area (Å²) in [7, 11) is 0. The van der Waals surface area contributed by atoms with Gasteiger partial charge in [-0.2, -0.15) is 0 Å². The van der Waals surface area contributed by atoms with E-state index in [0.717, 1.165) is 35.1 Å². The van der Waals surface area contributed by atoms with Gasteiger partial charge in [-0.15, -0.1) is 0 Å². The molecule has 2 aliphatic rings. The number of carbonyl (C=O) groups excluding carboxylic acids is 2. The molecule has 0 unspecified atom stereocenters. The molecule has 1 aromatic rings. The lowest BCUT2D eigenvalue weighted by atomic mass is 9.86. The van der Waals surface area contributed by atoms with Gasteiger partial charge in [0.15, 0.2) is 5.78 Å². The average Bonchev–Trinajstić information content (AvgIpc) is 2.90. The minimum Gasteiger partial charge on any atom is -0.430 e. The van der Waals surface area contributed by atoms with Gasteiger partial charge in [-0.25, -0.2) is 0 Å². The zero-order valence-electron chi connectivity index (χ0n) is 18.8. The summed E-state index contributed by atoms with van der Waals surface area (Å²) in [5.74, 6) is 0.718. The van der Waals surface area contributed by atoms with Crippen LogP contribution in [0.25, 0.3) is 5.57 Å². The lowest BCUT2D eigenvalue weighted by Crippen LogP contribution is -2.22. The van der Waals surface area contributed by atoms with Crippen molar-refractivity contribution < 1.29 is 14.3 Å². The van der Waals surface area contributed by atoms with Gasteiger partial charge in [0, 0.05) is 12.0 Å². The molecule has 1 saturated carbocycles. The first-order valence-corrected chi connectivity index (χ1v) is 10.9. The number of carbonyl (C=O) groups is 2. The van der Waals surface area contributed by atoms with Crippen molar-refractivity contribution in [3.8, 4) is 0 Å². The van der Waals surface area contributed by atoms with Crippen molar-refractivity contribution in [3.05, 3.63) is 51.8 Å². The fraction of sp³-hybridized carbons (Fsp3) is 0.538. The highest BCUT2D eigenvalue weighted by atomic mass is 16.5. The number of hydrogen-bond donors (Lipinski definition) is 0. The largest absolute Gasteiger partial charge is 0.430 e. The van der Waals surface area contributed by atoms with Gasteiger partial charge in [0.2, 0.25) is 0 Å². The number of allylic oxidation sites excluding steroid dienone is 3. The van der Waals surface area contributed by atoms with Crippen LogP contribution in [0.5, 0.6) is 0 Å². The molecule has 0 radical (unpaired) electrons. The highest BCUT2D eigenvalue weighted by Crippen LogP contribution is 2.40. The molecule has 1 aromatic carbocycles. The molecule has 0 saturated heterocycles. The summed E-state index contributed by atoms with van der Waals surface area (Å²) in [6, 6.07) is 4.18. The normalized spacial score (nSPS) is 19.9. The highest BCUT2D eigenvalue weighted by molar-refractivity contribution is 6.32. The summed E-state index contributed by atoms with van der Waals surface area (Å²) in [4.78, 5) is 26.1. The van der Waals surface area contributed by atoms with Gasteiger partial charge in [0.25, 0.3) is 0 Å². The molecule has 2 aliphatic carbocycles. The summed E-state index contributed by atoms with van der Waals surface area (Å²) in [5, 5.41) is 0. The summed E-state index contributed by atoms with van der Waals surface area (Å²) in [5.41, 5.74) is 4.95. The maximum absolute atomic E-state index is 13.5. The number of ketones is 1. The predicted octanol–water partition coefficient (Wildman–Crippen LogP) is 6.39. The third kappa shape index (κ3) is 4.71. The van der Waals surface area contributed by atoms with E-state index in [1.807, 2.05) is 34.6 Å². The summed E-state index contributed by atoms with van der Waals surface area (Å²) < 4.78 is 5.85. The molecule has 1 fully saturated rings. The van der Waals surface area contributed by atoms with Crippen LogP contribution in [0.15, 0.2) is 29.5 Å². The third-order valence-corrected chi connectivity index (χ3v) is 5.99. The second kappa shape index (κ2) is 8.30. The molecule has 3 nitrogen and oxygen atoms in total. The zero-order chi connectivity index (χ0) is 21.3. The van der Waals surface area contributed by atoms with E-state index in [9.17, 15) is 9.59 Å². The van der Waals surface area contributed by atoms with Gasteiger partial charge < -0.3 is 4.74 Å². The molecule has 3 rings (SSSR count). The number of aryl methyl sites for hydroxylation is 3. The van der Waals surface area contributed by atoms with Crippen LogP contribution in [0.4, 0.5) is 0 Å². The maximum Gasteiger partial charge on any atom is 0.316 e. The molecule has 156 valence electrons. The van der Waals surface area contributed by atoms with Crippen LogP contribution in [0.2, 0.25) is 0 Å². The van der Waals surface area contributed by atoms with E-state index >= 15 is 0 Å². The first kappa shape index (κ1) is 21.5. The molecule has 0 spiro atoms. The number of rotatable bonds is 3. The Morgan fingerprint density at radius 1 is 1.03 bits per heavy atom. The standard InChI is InChI=1S/C26H34O3/c1-16-12-17(2)22(18(3)13-16)23-21(29-25(28)26(4,5)6)15-20(24(23)27)14-19-10-8-7-9-11-19/h12-14,19H,7-11,15H2,1-6H3/b20-14+. The van der Waals surface area contributed by atoms with Crippen molar-refractivity contribution in [2.75, 3.05) is 0 Å². The SMILES string of the molecule is Cc1cc(C)c(C2=C(OC(=O)C(C)(C)C)C/C(=C\C3CCCCC3)C2=O)c(C)c1. The van der Waals surface area contributed by atoms with E-state index < -0.39 is 5.41 Å². The van der Waals surface area contributed by atoms with Crippen LogP contribution in [0, 0.1) is 32.1 Å². The fourth-order valence-electron chi connectivity index (χ4n) is 4.53. The maximum atomic E-state index is 13.5. The Morgan fingerprint density at radius 2 is 1.62 bits per heavy atom.